The molecule has 1 aliphatic heterocycles. The van der Waals surface area contributed by atoms with Gasteiger partial charge in [-0.2, -0.15) is 0 Å². The van der Waals surface area contributed by atoms with Crippen molar-refractivity contribution in [2.75, 3.05) is 32.8 Å². The molecule has 0 saturated carbocycles. The van der Waals surface area contributed by atoms with E-state index in [0.717, 1.165) is 63.8 Å². The van der Waals surface area contributed by atoms with E-state index in [9.17, 15) is 0 Å². The predicted molar refractivity (Wildman–Crippen MR) is 109 cm³/mol. The molecule has 0 amide bonds. The molecule has 0 radical (unpaired) electrons. The molecule has 1 unspecified atom stereocenters. The highest BCUT2D eigenvalue weighted by Gasteiger charge is 2.15. The Labute approximate surface area is 162 Å². The van der Waals surface area contributed by atoms with Crippen molar-refractivity contribution in [3.63, 3.8) is 0 Å². The molecule has 2 aromatic rings. The Morgan fingerprint density at radius 1 is 1.07 bits per heavy atom. The minimum atomic E-state index is 0.535. The van der Waals surface area contributed by atoms with Crippen LogP contribution in [0.5, 0.6) is 0 Å². The van der Waals surface area contributed by atoms with Crippen LogP contribution in [0.25, 0.3) is 0 Å². The average molecular weight is 370 g/mol. The van der Waals surface area contributed by atoms with Gasteiger partial charge in [0.25, 0.3) is 0 Å². The molecule has 1 atom stereocenters. The molecule has 2 N–H and O–H groups in total. The summed E-state index contributed by atoms with van der Waals surface area (Å²) >= 11 is 0. The quantitative estimate of drug-likeness (QED) is 0.554. The van der Waals surface area contributed by atoms with E-state index in [0.29, 0.717) is 5.92 Å². The van der Waals surface area contributed by atoms with Gasteiger partial charge in [0.2, 0.25) is 0 Å². The number of furan rings is 1. The molecule has 0 aliphatic carbocycles. The van der Waals surface area contributed by atoms with Crippen LogP contribution in [-0.2, 0) is 17.6 Å². The van der Waals surface area contributed by atoms with E-state index in [1.165, 1.54) is 16.7 Å². The summed E-state index contributed by atoms with van der Waals surface area (Å²) in [5.74, 6) is 2.40. The van der Waals surface area contributed by atoms with Crippen molar-refractivity contribution >= 4 is 5.96 Å². The molecule has 5 nitrogen and oxygen atoms in total. The number of aryl methyl sites for hydroxylation is 2. The fourth-order valence-corrected chi connectivity index (χ4v) is 3.43. The van der Waals surface area contributed by atoms with Crippen LogP contribution >= 0.6 is 0 Å². The summed E-state index contributed by atoms with van der Waals surface area (Å²) in [5, 5.41) is 6.93. The number of hydrogen-bond acceptors (Lipinski definition) is 3. The summed E-state index contributed by atoms with van der Waals surface area (Å²) in [6, 6.07) is 10.4. The highest BCUT2D eigenvalue weighted by molar-refractivity contribution is 5.79. The topological polar surface area (TPSA) is 58.8 Å². The van der Waals surface area contributed by atoms with Gasteiger partial charge in [-0.3, -0.25) is 4.99 Å². The smallest absolute Gasteiger partial charge is 0.191 e. The Bertz CT molecular complexity index is 699. The highest BCUT2D eigenvalue weighted by atomic mass is 16.5. The Morgan fingerprint density at radius 3 is 2.52 bits per heavy atom. The summed E-state index contributed by atoms with van der Waals surface area (Å²) < 4.78 is 10.9. The van der Waals surface area contributed by atoms with E-state index < -0.39 is 0 Å². The normalized spacial score (nSPS) is 17.3. The van der Waals surface area contributed by atoms with Gasteiger partial charge in [-0.05, 0) is 55.5 Å². The van der Waals surface area contributed by atoms with Gasteiger partial charge >= 0.3 is 0 Å². The van der Waals surface area contributed by atoms with Crippen molar-refractivity contribution in [2.24, 2.45) is 10.9 Å². The SMILES string of the molecule is Cc1cccc(C)c1CCNC(=NCC1CCOC1)NCCc1ccco1. The maximum Gasteiger partial charge on any atom is 0.191 e. The molecule has 0 spiro atoms. The largest absolute Gasteiger partial charge is 0.469 e. The van der Waals surface area contributed by atoms with E-state index in [-0.39, 0.29) is 0 Å². The van der Waals surface area contributed by atoms with Gasteiger partial charge in [-0.15, -0.1) is 0 Å². The lowest BCUT2D eigenvalue weighted by Gasteiger charge is -2.15. The first-order chi connectivity index (χ1) is 13.2. The van der Waals surface area contributed by atoms with E-state index in [1.807, 2.05) is 12.1 Å². The fourth-order valence-electron chi connectivity index (χ4n) is 3.43. The maximum atomic E-state index is 5.46. The van der Waals surface area contributed by atoms with Crippen molar-refractivity contribution in [2.45, 2.75) is 33.1 Å². The lowest BCUT2D eigenvalue weighted by Crippen LogP contribution is -2.40. The number of nitrogens with zero attached hydrogens (tertiary/aromatic N) is 1. The molecule has 3 rings (SSSR count). The van der Waals surface area contributed by atoms with Crippen molar-refractivity contribution in [1.29, 1.82) is 0 Å². The molecule has 1 fully saturated rings. The van der Waals surface area contributed by atoms with E-state index in [2.05, 4.69) is 42.7 Å². The third kappa shape index (κ3) is 6.14. The third-order valence-electron chi connectivity index (χ3n) is 5.09. The number of ether oxygens (including phenoxy) is 1. The average Bonchev–Trinajstić information content (AvgIpc) is 3.35. The summed E-state index contributed by atoms with van der Waals surface area (Å²) in [6.07, 6.45) is 4.65. The Morgan fingerprint density at radius 2 is 1.85 bits per heavy atom. The molecular weight excluding hydrogens is 338 g/mol. The molecular formula is C22H31N3O2. The van der Waals surface area contributed by atoms with Gasteiger partial charge in [-0.25, -0.2) is 0 Å². The molecule has 1 saturated heterocycles. The van der Waals surface area contributed by atoms with Crippen LogP contribution in [0.2, 0.25) is 0 Å². The molecule has 1 aromatic heterocycles. The first-order valence-corrected chi connectivity index (χ1v) is 9.90. The number of guanidine groups is 1. The van der Waals surface area contributed by atoms with Crippen molar-refractivity contribution in [3.05, 3.63) is 59.0 Å². The molecule has 1 aromatic carbocycles. The van der Waals surface area contributed by atoms with Gasteiger partial charge < -0.3 is 19.8 Å². The summed E-state index contributed by atoms with van der Waals surface area (Å²) in [5.41, 5.74) is 4.12. The van der Waals surface area contributed by atoms with Crippen LogP contribution in [0.1, 0.15) is 28.9 Å². The van der Waals surface area contributed by atoms with Crippen molar-refractivity contribution < 1.29 is 9.15 Å². The summed E-state index contributed by atoms with van der Waals surface area (Å²) in [6.45, 7) is 8.51. The minimum absolute atomic E-state index is 0.535. The van der Waals surface area contributed by atoms with E-state index in [1.54, 1.807) is 6.26 Å². The van der Waals surface area contributed by atoms with Crippen molar-refractivity contribution in [3.8, 4) is 0 Å². The lowest BCUT2D eigenvalue weighted by molar-refractivity contribution is 0.187. The maximum absolute atomic E-state index is 5.46. The molecule has 146 valence electrons. The van der Waals surface area contributed by atoms with Gasteiger partial charge in [0.15, 0.2) is 5.96 Å². The van der Waals surface area contributed by atoms with Gasteiger partial charge in [-0.1, -0.05) is 18.2 Å². The van der Waals surface area contributed by atoms with E-state index in [4.69, 9.17) is 14.1 Å². The van der Waals surface area contributed by atoms with E-state index >= 15 is 0 Å². The second kappa shape index (κ2) is 10.2. The number of nitrogens with one attached hydrogen (secondary N) is 2. The number of rotatable bonds is 8. The first-order valence-electron chi connectivity index (χ1n) is 9.90. The molecule has 0 bridgehead atoms. The van der Waals surface area contributed by atoms with Crippen LogP contribution in [0, 0.1) is 19.8 Å². The second-order valence-electron chi connectivity index (χ2n) is 7.22. The van der Waals surface area contributed by atoms with Gasteiger partial charge in [0, 0.05) is 38.6 Å². The molecule has 2 heterocycles. The zero-order valence-corrected chi connectivity index (χ0v) is 16.5. The molecule has 1 aliphatic rings. The fraction of sp³-hybridized carbons (Fsp3) is 0.500. The van der Waals surface area contributed by atoms with Gasteiger partial charge in [0.05, 0.1) is 12.9 Å². The molecule has 27 heavy (non-hydrogen) atoms. The molecule has 5 heteroatoms. The van der Waals surface area contributed by atoms with Crippen LogP contribution in [0.3, 0.4) is 0 Å². The Kier molecular flexibility index (Phi) is 7.34. The van der Waals surface area contributed by atoms with Crippen LogP contribution in [0.4, 0.5) is 0 Å². The monoisotopic (exact) mass is 369 g/mol. The highest BCUT2D eigenvalue weighted by Crippen LogP contribution is 2.14. The summed E-state index contributed by atoms with van der Waals surface area (Å²) in [4.78, 5) is 4.78. The number of hydrogen-bond donors (Lipinski definition) is 2. The zero-order valence-electron chi connectivity index (χ0n) is 16.5. The standard InChI is InChI=1S/C22H31N3O2/c1-17-5-3-6-18(2)21(17)9-12-24-22(25-15-19-10-14-26-16-19)23-11-8-20-7-4-13-27-20/h3-7,13,19H,8-12,14-16H2,1-2H3,(H2,23,24,25). The van der Waals surface area contributed by atoms with Crippen LogP contribution < -0.4 is 10.6 Å². The second-order valence-corrected chi connectivity index (χ2v) is 7.22. The Balaban J connectivity index is 1.52. The lowest BCUT2D eigenvalue weighted by atomic mass is 10.0. The predicted octanol–water partition coefficient (Wildman–Crippen LogP) is 3.25. The van der Waals surface area contributed by atoms with Crippen LogP contribution in [0.15, 0.2) is 46.0 Å². The third-order valence-corrected chi connectivity index (χ3v) is 5.09. The van der Waals surface area contributed by atoms with Crippen LogP contribution in [-0.4, -0.2) is 38.8 Å². The van der Waals surface area contributed by atoms with Gasteiger partial charge in [0.1, 0.15) is 5.76 Å². The number of benzene rings is 1. The van der Waals surface area contributed by atoms with Crippen molar-refractivity contribution in [1.82, 2.24) is 10.6 Å². The minimum Gasteiger partial charge on any atom is -0.469 e. The first kappa shape index (κ1) is 19.5. The Hall–Kier alpha value is -2.27. The zero-order chi connectivity index (χ0) is 18.9. The number of aliphatic imine (C=N–C) groups is 1. The summed E-state index contributed by atoms with van der Waals surface area (Å²) in [7, 11) is 0.